The summed E-state index contributed by atoms with van der Waals surface area (Å²) < 4.78 is 15.1. The Morgan fingerprint density at radius 1 is 1.14 bits per heavy atom. The van der Waals surface area contributed by atoms with E-state index in [1.165, 1.54) is 0 Å². The highest BCUT2D eigenvalue weighted by molar-refractivity contribution is 5.87. The Balaban J connectivity index is 0.000000170. The number of carboxylic acid groups (broad SMARTS) is 1. The van der Waals surface area contributed by atoms with Crippen LogP contribution in [0.2, 0.25) is 0 Å². The van der Waals surface area contributed by atoms with Crippen LogP contribution >= 0.6 is 0 Å². The van der Waals surface area contributed by atoms with Crippen LogP contribution in [0, 0.1) is 0 Å². The molecule has 2 atom stereocenters. The summed E-state index contributed by atoms with van der Waals surface area (Å²) in [4.78, 5) is 10.6. The predicted octanol–water partition coefficient (Wildman–Crippen LogP) is 2.48. The van der Waals surface area contributed by atoms with Crippen LogP contribution in [-0.4, -0.2) is 49.7 Å². The van der Waals surface area contributed by atoms with Gasteiger partial charge >= 0.3 is 5.97 Å². The van der Waals surface area contributed by atoms with Crippen LogP contribution in [0.25, 0.3) is 0 Å². The van der Waals surface area contributed by atoms with Gasteiger partial charge in [-0.3, -0.25) is 0 Å². The molecule has 1 aromatic carbocycles. The van der Waals surface area contributed by atoms with Crippen LogP contribution in [0.4, 0.5) is 0 Å². The molecule has 0 aliphatic carbocycles. The Bertz CT molecular complexity index is 469. The van der Waals surface area contributed by atoms with Crippen molar-refractivity contribution in [3.8, 4) is 0 Å². The molecule has 2 aliphatic rings. The lowest BCUT2D eigenvalue weighted by molar-refractivity contribution is 0.0697. The molecule has 3 rings (SSSR count). The molecule has 5 heteroatoms. The second-order valence-electron chi connectivity index (χ2n) is 6.58. The first-order chi connectivity index (χ1) is 10.4. The van der Waals surface area contributed by atoms with Gasteiger partial charge in [0.1, 0.15) is 12.2 Å². The zero-order valence-electron chi connectivity index (χ0n) is 13.4. The zero-order chi connectivity index (χ0) is 16.2. The van der Waals surface area contributed by atoms with Gasteiger partial charge in [-0.05, 0) is 23.1 Å². The molecule has 0 bridgehead atoms. The van der Waals surface area contributed by atoms with E-state index in [0.717, 1.165) is 32.0 Å². The number of benzene rings is 1. The largest absolute Gasteiger partial charge is 0.478 e. The highest BCUT2D eigenvalue weighted by Gasteiger charge is 2.26. The van der Waals surface area contributed by atoms with Gasteiger partial charge in [0.05, 0.1) is 32.0 Å². The van der Waals surface area contributed by atoms with Gasteiger partial charge in [-0.2, -0.15) is 0 Å². The van der Waals surface area contributed by atoms with Gasteiger partial charge in [-0.15, -0.1) is 0 Å². The van der Waals surface area contributed by atoms with Crippen LogP contribution in [0.3, 0.4) is 0 Å². The molecule has 5 nitrogen and oxygen atoms in total. The van der Waals surface area contributed by atoms with Crippen LogP contribution < -0.4 is 0 Å². The van der Waals surface area contributed by atoms with Crippen molar-refractivity contribution < 1.29 is 24.1 Å². The van der Waals surface area contributed by atoms with Crippen molar-refractivity contribution in [2.75, 3.05) is 26.4 Å². The Morgan fingerprint density at radius 2 is 1.59 bits per heavy atom. The van der Waals surface area contributed by atoms with Crippen molar-refractivity contribution in [1.82, 2.24) is 0 Å². The fourth-order valence-electron chi connectivity index (χ4n) is 1.77. The number of carboxylic acids is 1. The van der Waals surface area contributed by atoms with Crippen LogP contribution in [0.1, 0.15) is 36.7 Å². The summed E-state index contributed by atoms with van der Waals surface area (Å²) in [5, 5.41) is 8.68. The summed E-state index contributed by atoms with van der Waals surface area (Å²) >= 11 is 0. The topological polar surface area (TPSA) is 71.6 Å². The fourth-order valence-corrected chi connectivity index (χ4v) is 1.77. The lowest BCUT2D eigenvalue weighted by atomic mass is 9.87. The quantitative estimate of drug-likeness (QED) is 0.846. The number of rotatable bonds is 5. The van der Waals surface area contributed by atoms with Gasteiger partial charge in [-0.25, -0.2) is 4.79 Å². The van der Waals surface area contributed by atoms with Gasteiger partial charge in [-0.1, -0.05) is 32.9 Å². The zero-order valence-corrected chi connectivity index (χ0v) is 13.4. The number of aromatic carboxylic acids is 1. The maximum atomic E-state index is 10.6. The summed E-state index contributed by atoms with van der Waals surface area (Å²) in [5.74, 6) is -0.875. The number of carbonyl (C=O) groups is 1. The molecular formula is C17H24O5. The van der Waals surface area contributed by atoms with Gasteiger partial charge < -0.3 is 19.3 Å². The minimum Gasteiger partial charge on any atom is -0.478 e. The second-order valence-corrected chi connectivity index (χ2v) is 6.58. The van der Waals surface area contributed by atoms with Crippen molar-refractivity contribution >= 4 is 5.97 Å². The lowest BCUT2D eigenvalue weighted by Gasteiger charge is -2.18. The molecule has 2 saturated heterocycles. The summed E-state index contributed by atoms with van der Waals surface area (Å²) in [6.07, 6.45) is 0.785. The molecule has 1 aromatic rings. The van der Waals surface area contributed by atoms with Crippen LogP contribution in [0.15, 0.2) is 24.3 Å². The maximum Gasteiger partial charge on any atom is 0.335 e. The highest BCUT2D eigenvalue weighted by atomic mass is 16.6. The number of hydrogen-bond donors (Lipinski definition) is 1. The third kappa shape index (κ3) is 6.13. The molecular weight excluding hydrogens is 284 g/mol. The molecule has 22 heavy (non-hydrogen) atoms. The number of epoxide rings is 2. The Morgan fingerprint density at radius 3 is 1.91 bits per heavy atom. The van der Waals surface area contributed by atoms with E-state index in [9.17, 15) is 4.79 Å². The van der Waals surface area contributed by atoms with Gasteiger partial charge in [0.15, 0.2) is 0 Å². The van der Waals surface area contributed by atoms with E-state index in [0.29, 0.717) is 17.8 Å². The monoisotopic (exact) mass is 308 g/mol. The van der Waals surface area contributed by atoms with E-state index in [1.54, 1.807) is 12.1 Å². The Hall–Kier alpha value is -1.43. The van der Waals surface area contributed by atoms with Crippen LogP contribution in [-0.2, 0) is 19.6 Å². The molecule has 0 amide bonds. The molecule has 2 heterocycles. The standard InChI is InChI=1S/C11H14O2.C6H10O3/c1-11(2,3)9-6-4-8(5-7-9)10(12)13;1(5-3-8-5)7-2-6-4-9-6/h4-7H,1-3H3,(H,12,13);5-6H,1-4H2. The molecule has 2 unspecified atom stereocenters. The van der Waals surface area contributed by atoms with E-state index in [2.05, 4.69) is 20.8 Å². The molecule has 122 valence electrons. The third-order valence-electron chi connectivity index (χ3n) is 3.41. The smallest absolute Gasteiger partial charge is 0.335 e. The van der Waals surface area contributed by atoms with Gasteiger partial charge in [0.25, 0.3) is 0 Å². The molecule has 2 fully saturated rings. The molecule has 0 spiro atoms. The van der Waals surface area contributed by atoms with E-state index >= 15 is 0 Å². The maximum absolute atomic E-state index is 10.6. The van der Waals surface area contributed by atoms with E-state index in [4.69, 9.17) is 19.3 Å². The Kier molecular flexibility index (Phi) is 5.56. The number of ether oxygens (including phenoxy) is 3. The SMILES string of the molecule is C(OCC1CO1)C1CO1.CC(C)(C)c1ccc(C(=O)O)cc1. The van der Waals surface area contributed by atoms with Crippen molar-refractivity contribution in [3.63, 3.8) is 0 Å². The molecule has 0 saturated carbocycles. The summed E-state index contributed by atoms with van der Waals surface area (Å²) in [7, 11) is 0. The molecule has 0 radical (unpaired) electrons. The average molecular weight is 308 g/mol. The van der Waals surface area contributed by atoms with Gasteiger partial charge in [0, 0.05) is 0 Å². The molecule has 2 aliphatic heterocycles. The van der Waals surface area contributed by atoms with Crippen molar-refractivity contribution in [2.45, 2.75) is 38.4 Å². The first-order valence-electron chi connectivity index (χ1n) is 7.51. The van der Waals surface area contributed by atoms with E-state index in [-0.39, 0.29) is 5.41 Å². The first kappa shape index (κ1) is 16.9. The first-order valence-corrected chi connectivity index (χ1v) is 7.51. The third-order valence-corrected chi connectivity index (χ3v) is 3.41. The van der Waals surface area contributed by atoms with Gasteiger partial charge in [0.2, 0.25) is 0 Å². The van der Waals surface area contributed by atoms with E-state index in [1.807, 2.05) is 12.1 Å². The van der Waals surface area contributed by atoms with E-state index < -0.39 is 5.97 Å². The fraction of sp³-hybridized carbons (Fsp3) is 0.588. The Labute approximate surface area is 131 Å². The van der Waals surface area contributed by atoms with Crippen molar-refractivity contribution in [2.24, 2.45) is 0 Å². The minimum absolute atomic E-state index is 0.0804. The normalized spacial score (nSPS) is 22.5. The predicted molar refractivity (Wildman–Crippen MR) is 82.4 cm³/mol. The molecule has 1 N–H and O–H groups in total. The lowest BCUT2D eigenvalue weighted by Crippen LogP contribution is -2.11. The molecule has 0 aromatic heterocycles. The van der Waals surface area contributed by atoms with Crippen molar-refractivity contribution in [3.05, 3.63) is 35.4 Å². The average Bonchev–Trinajstić information content (AvgIpc) is 3.33. The summed E-state index contributed by atoms with van der Waals surface area (Å²) in [5.41, 5.74) is 1.57. The summed E-state index contributed by atoms with van der Waals surface area (Å²) in [6, 6.07) is 7.01. The summed E-state index contributed by atoms with van der Waals surface area (Å²) in [6.45, 7) is 9.56. The highest BCUT2D eigenvalue weighted by Crippen LogP contribution is 2.22. The number of hydrogen-bond acceptors (Lipinski definition) is 4. The minimum atomic E-state index is -0.875. The van der Waals surface area contributed by atoms with Crippen molar-refractivity contribution in [1.29, 1.82) is 0 Å². The van der Waals surface area contributed by atoms with Crippen LogP contribution in [0.5, 0.6) is 0 Å². The second kappa shape index (κ2) is 7.22.